The monoisotopic (exact) mass is 391 g/mol. The van der Waals surface area contributed by atoms with Gasteiger partial charge in [0.05, 0.1) is 11.6 Å². The number of hydrogen-bond acceptors (Lipinski definition) is 4. The fourth-order valence-corrected chi connectivity index (χ4v) is 3.85. The van der Waals surface area contributed by atoms with E-state index in [4.69, 9.17) is 9.47 Å². The van der Waals surface area contributed by atoms with Crippen molar-refractivity contribution in [2.24, 2.45) is 0 Å². The molecule has 1 aliphatic carbocycles. The van der Waals surface area contributed by atoms with Gasteiger partial charge in [0.25, 0.3) is 5.91 Å². The van der Waals surface area contributed by atoms with Gasteiger partial charge in [-0.2, -0.15) is 0 Å². The Balaban J connectivity index is 1.31. The lowest BCUT2D eigenvalue weighted by Gasteiger charge is -2.20. The number of para-hydroxylation sites is 1. The predicted molar refractivity (Wildman–Crippen MR) is 111 cm³/mol. The number of amides is 1. The molecule has 1 unspecified atom stereocenters. The van der Waals surface area contributed by atoms with Crippen LogP contribution in [-0.4, -0.2) is 25.1 Å². The highest BCUT2D eigenvalue weighted by molar-refractivity contribution is 5.96. The molecule has 0 spiro atoms. The smallest absolute Gasteiger partial charge is 0.338 e. The minimum absolute atomic E-state index is 0.141. The van der Waals surface area contributed by atoms with Crippen LogP contribution in [0.5, 0.6) is 5.75 Å². The van der Waals surface area contributed by atoms with E-state index < -0.39 is 5.97 Å². The van der Waals surface area contributed by atoms with Gasteiger partial charge in [0.15, 0.2) is 6.61 Å². The second-order valence-electron chi connectivity index (χ2n) is 7.60. The van der Waals surface area contributed by atoms with Crippen LogP contribution < -0.4 is 10.1 Å². The third kappa shape index (κ3) is 4.50. The number of benzene rings is 2. The SMILES string of the molecule is CC(NC(=O)COC(=O)C1=Cc2ccccc2OC1)c1ccc2c(c1)CCCC2. The van der Waals surface area contributed by atoms with E-state index >= 15 is 0 Å². The highest BCUT2D eigenvalue weighted by Gasteiger charge is 2.20. The van der Waals surface area contributed by atoms with Crippen LogP contribution in [0.3, 0.4) is 0 Å². The molecule has 150 valence electrons. The molecule has 0 fully saturated rings. The summed E-state index contributed by atoms with van der Waals surface area (Å²) in [5, 5.41) is 2.91. The van der Waals surface area contributed by atoms with Crippen LogP contribution in [-0.2, 0) is 27.2 Å². The van der Waals surface area contributed by atoms with E-state index in [0.717, 1.165) is 29.7 Å². The molecule has 1 heterocycles. The van der Waals surface area contributed by atoms with E-state index in [-0.39, 0.29) is 25.2 Å². The number of hydrogen-bond donors (Lipinski definition) is 1. The van der Waals surface area contributed by atoms with Crippen LogP contribution in [0.2, 0.25) is 0 Å². The molecule has 1 aliphatic heterocycles. The molecule has 29 heavy (non-hydrogen) atoms. The zero-order chi connectivity index (χ0) is 20.2. The maximum atomic E-state index is 12.3. The zero-order valence-electron chi connectivity index (χ0n) is 16.6. The number of ether oxygens (including phenoxy) is 2. The topological polar surface area (TPSA) is 64.6 Å². The van der Waals surface area contributed by atoms with Gasteiger partial charge in [-0.25, -0.2) is 4.79 Å². The molecule has 5 heteroatoms. The number of aryl methyl sites for hydroxylation is 2. The molecular formula is C24H25NO4. The van der Waals surface area contributed by atoms with E-state index in [2.05, 4.69) is 23.5 Å². The summed E-state index contributed by atoms with van der Waals surface area (Å²) in [4.78, 5) is 24.5. The lowest BCUT2D eigenvalue weighted by Crippen LogP contribution is -2.32. The first-order valence-corrected chi connectivity index (χ1v) is 10.1. The summed E-state index contributed by atoms with van der Waals surface area (Å²) < 4.78 is 10.7. The van der Waals surface area contributed by atoms with Gasteiger partial charge in [-0.1, -0.05) is 36.4 Å². The molecule has 5 nitrogen and oxygen atoms in total. The number of esters is 1. The second kappa shape index (κ2) is 8.52. The highest BCUT2D eigenvalue weighted by Crippen LogP contribution is 2.26. The van der Waals surface area contributed by atoms with Gasteiger partial charge in [-0.15, -0.1) is 0 Å². The fourth-order valence-electron chi connectivity index (χ4n) is 3.85. The molecule has 1 amide bonds. The second-order valence-corrected chi connectivity index (χ2v) is 7.60. The number of fused-ring (bicyclic) bond motifs is 2. The fraction of sp³-hybridized carbons (Fsp3) is 0.333. The molecule has 2 aliphatic rings. The van der Waals surface area contributed by atoms with Gasteiger partial charge in [0.2, 0.25) is 0 Å². The average molecular weight is 391 g/mol. The van der Waals surface area contributed by atoms with Crippen molar-refractivity contribution in [1.82, 2.24) is 5.32 Å². The number of carbonyl (C=O) groups is 2. The number of nitrogens with one attached hydrogen (secondary N) is 1. The van der Waals surface area contributed by atoms with Crippen molar-refractivity contribution < 1.29 is 19.1 Å². The summed E-state index contributed by atoms with van der Waals surface area (Å²) in [5.74, 6) is -0.113. The molecular weight excluding hydrogens is 366 g/mol. The normalized spacial score (nSPS) is 15.8. The van der Waals surface area contributed by atoms with Crippen molar-refractivity contribution in [2.75, 3.05) is 13.2 Å². The average Bonchev–Trinajstić information content (AvgIpc) is 2.76. The van der Waals surface area contributed by atoms with E-state index in [1.54, 1.807) is 6.08 Å². The van der Waals surface area contributed by atoms with Gasteiger partial charge < -0.3 is 14.8 Å². The summed E-state index contributed by atoms with van der Waals surface area (Å²) in [7, 11) is 0. The maximum Gasteiger partial charge on any atom is 0.338 e. The van der Waals surface area contributed by atoms with Gasteiger partial charge in [0.1, 0.15) is 12.4 Å². The minimum Gasteiger partial charge on any atom is -0.488 e. The zero-order valence-corrected chi connectivity index (χ0v) is 16.6. The molecule has 0 saturated carbocycles. The lowest BCUT2D eigenvalue weighted by molar-refractivity contribution is -0.145. The molecule has 0 bridgehead atoms. The Morgan fingerprint density at radius 3 is 2.76 bits per heavy atom. The Labute approximate surface area is 170 Å². The maximum absolute atomic E-state index is 12.3. The summed E-state index contributed by atoms with van der Waals surface area (Å²) in [6.07, 6.45) is 6.45. The standard InChI is InChI=1S/C24H25NO4/c1-16(18-11-10-17-6-2-3-7-19(17)12-18)25-23(26)15-29-24(27)21-13-20-8-4-5-9-22(20)28-14-21/h4-5,8-13,16H,2-3,6-7,14-15H2,1H3,(H,25,26). The molecule has 0 aromatic heterocycles. The Morgan fingerprint density at radius 2 is 1.90 bits per heavy atom. The van der Waals surface area contributed by atoms with Gasteiger partial charge in [0, 0.05) is 5.56 Å². The van der Waals surface area contributed by atoms with Crippen molar-refractivity contribution >= 4 is 18.0 Å². The van der Waals surface area contributed by atoms with E-state index in [1.165, 1.54) is 24.0 Å². The summed E-state index contributed by atoms with van der Waals surface area (Å²) in [6.45, 7) is 1.77. The van der Waals surface area contributed by atoms with Gasteiger partial charge in [-0.05, 0) is 61.4 Å². The molecule has 1 atom stereocenters. The Bertz CT molecular complexity index is 963. The number of rotatable bonds is 5. The van der Waals surface area contributed by atoms with Crippen molar-refractivity contribution in [3.8, 4) is 5.75 Å². The first-order valence-electron chi connectivity index (χ1n) is 10.1. The number of carbonyl (C=O) groups excluding carboxylic acids is 2. The first-order chi connectivity index (χ1) is 14.1. The van der Waals surface area contributed by atoms with Crippen molar-refractivity contribution in [3.05, 3.63) is 70.3 Å². The molecule has 2 aromatic rings. The van der Waals surface area contributed by atoms with E-state index in [9.17, 15) is 9.59 Å². The Morgan fingerprint density at radius 1 is 1.10 bits per heavy atom. The quantitative estimate of drug-likeness (QED) is 0.788. The van der Waals surface area contributed by atoms with Gasteiger partial charge >= 0.3 is 5.97 Å². The highest BCUT2D eigenvalue weighted by atomic mass is 16.5. The molecule has 1 N–H and O–H groups in total. The van der Waals surface area contributed by atoms with Gasteiger partial charge in [-0.3, -0.25) is 4.79 Å². The van der Waals surface area contributed by atoms with Crippen LogP contribution in [0.15, 0.2) is 48.0 Å². The summed E-state index contributed by atoms with van der Waals surface area (Å²) >= 11 is 0. The first kappa shape index (κ1) is 19.2. The molecule has 2 aromatic carbocycles. The Kier molecular flexibility index (Phi) is 5.65. The third-order valence-electron chi connectivity index (χ3n) is 5.48. The van der Waals surface area contributed by atoms with Crippen LogP contribution in [0, 0.1) is 0 Å². The lowest BCUT2D eigenvalue weighted by atomic mass is 9.89. The van der Waals surface area contributed by atoms with E-state index in [1.807, 2.05) is 31.2 Å². The molecule has 0 saturated heterocycles. The van der Waals surface area contributed by atoms with Crippen LogP contribution in [0.1, 0.15) is 48.1 Å². The third-order valence-corrected chi connectivity index (χ3v) is 5.48. The van der Waals surface area contributed by atoms with Crippen molar-refractivity contribution in [3.63, 3.8) is 0 Å². The van der Waals surface area contributed by atoms with Crippen LogP contribution in [0.4, 0.5) is 0 Å². The summed E-state index contributed by atoms with van der Waals surface area (Å²) in [5.41, 5.74) is 5.10. The van der Waals surface area contributed by atoms with Crippen molar-refractivity contribution in [2.45, 2.75) is 38.6 Å². The van der Waals surface area contributed by atoms with Crippen LogP contribution in [0.25, 0.3) is 6.08 Å². The minimum atomic E-state index is -0.531. The largest absolute Gasteiger partial charge is 0.488 e. The summed E-state index contributed by atoms with van der Waals surface area (Å²) in [6, 6.07) is 13.8. The molecule has 0 radical (unpaired) electrons. The predicted octanol–water partition coefficient (Wildman–Crippen LogP) is 3.76. The molecule has 4 rings (SSSR count). The Hall–Kier alpha value is -3.08. The van der Waals surface area contributed by atoms with Crippen molar-refractivity contribution in [1.29, 1.82) is 0 Å². The van der Waals surface area contributed by atoms with E-state index in [0.29, 0.717) is 5.57 Å². The van der Waals surface area contributed by atoms with Crippen LogP contribution >= 0.6 is 0 Å².